The van der Waals surface area contributed by atoms with Crippen LogP contribution in [0.15, 0.2) is 30.5 Å². The molecule has 1 atom stereocenters. The van der Waals surface area contributed by atoms with E-state index in [0.29, 0.717) is 17.8 Å². The summed E-state index contributed by atoms with van der Waals surface area (Å²) in [6.45, 7) is 1.94. The van der Waals surface area contributed by atoms with Gasteiger partial charge >= 0.3 is 0 Å². The predicted octanol–water partition coefficient (Wildman–Crippen LogP) is 5.23. The second-order valence-corrected chi connectivity index (χ2v) is 5.07. The van der Waals surface area contributed by atoms with E-state index in [-0.39, 0.29) is 16.1 Å². The molecule has 0 aliphatic carbocycles. The van der Waals surface area contributed by atoms with Gasteiger partial charge in [0.2, 0.25) is 0 Å². The molecule has 1 unspecified atom stereocenters. The first-order valence-electron chi connectivity index (χ1n) is 6.03. The van der Waals surface area contributed by atoms with Gasteiger partial charge in [-0.3, -0.25) is 4.98 Å². The molecule has 1 aromatic heterocycles. The van der Waals surface area contributed by atoms with E-state index in [1.165, 1.54) is 18.2 Å². The van der Waals surface area contributed by atoms with Crippen molar-refractivity contribution in [3.63, 3.8) is 0 Å². The molecule has 1 aromatic carbocycles. The van der Waals surface area contributed by atoms with Crippen molar-refractivity contribution in [2.24, 2.45) is 0 Å². The molecule has 0 aliphatic rings. The topological polar surface area (TPSA) is 24.9 Å². The van der Waals surface area contributed by atoms with Crippen LogP contribution in [0.3, 0.4) is 0 Å². The van der Waals surface area contributed by atoms with E-state index >= 15 is 0 Å². The summed E-state index contributed by atoms with van der Waals surface area (Å²) in [6.07, 6.45) is 1.83. The van der Waals surface area contributed by atoms with Gasteiger partial charge in [-0.2, -0.15) is 0 Å². The molecule has 2 aromatic rings. The average molecular weight is 317 g/mol. The van der Waals surface area contributed by atoms with Crippen LogP contribution in [0.4, 0.5) is 14.5 Å². The maximum atomic E-state index is 13.1. The van der Waals surface area contributed by atoms with E-state index in [1.807, 2.05) is 6.92 Å². The molecule has 2 nitrogen and oxygen atoms in total. The second kappa shape index (κ2) is 6.37. The van der Waals surface area contributed by atoms with Crippen LogP contribution in [-0.4, -0.2) is 4.98 Å². The van der Waals surface area contributed by atoms with E-state index in [9.17, 15) is 8.78 Å². The van der Waals surface area contributed by atoms with Crippen molar-refractivity contribution in [2.75, 3.05) is 5.32 Å². The standard InChI is InChI=1S/C14H12Cl2F2N2/c1-2-12(13-4-3-8(17)7-19-13)20-14-10(15)5-9(18)6-11(14)16/h3-7,12,20H,2H2,1H3. The van der Waals surface area contributed by atoms with Gasteiger partial charge in [-0.1, -0.05) is 30.1 Å². The Hall–Kier alpha value is -1.39. The fraction of sp³-hybridized carbons (Fsp3) is 0.214. The third-order valence-electron chi connectivity index (χ3n) is 2.84. The van der Waals surface area contributed by atoms with Crippen molar-refractivity contribution >= 4 is 28.9 Å². The van der Waals surface area contributed by atoms with Crippen molar-refractivity contribution in [1.29, 1.82) is 0 Å². The molecule has 0 amide bonds. The number of anilines is 1. The van der Waals surface area contributed by atoms with Crippen LogP contribution in [0, 0.1) is 11.6 Å². The molecule has 0 saturated carbocycles. The summed E-state index contributed by atoms with van der Waals surface area (Å²) in [4.78, 5) is 4.02. The average Bonchev–Trinajstić information content (AvgIpc) is 2.39. The van der Waals surface area contributed by atoms with E-state index in [0.717, 1.165) is 6.20 Å². The lowest BCUT2D eigenvalue weighted by Gasteiger charge is -2.19. The highest BCUT2D eigenvalue weighted by molar-refractivity contribution is 6.39. The van der Waals surface area contributed by atoms with Gasteiger partial charge in [0, 0.05) is 0 Å². The summed E-state index contributed by atoms with van der Waals surface area (Å²) in [5.41, 5.74) is 1.10. The Labute approximate surface area is 125 Å². The monoisotopic (exact) mass is 316 g/mol. The number of nitrogens with zero attached hydrogens (tertiary/aromatic N) is 1. The van der Waals surface area contributed by atoms with Crippen LogP contribution in [0.25, 0.3) is 0 Å². The van der Waals surface area contributed by atoms with Gasteiger partial charge in [0.05, 0.1) is 33.7 Å². The first-order chi connectivity index (χ1) is 9.51. The van der Waals surface area contributed by atoms with E-state index in [2.05, 4.69) is 10.3 Å². The maximum absolute atomic E-state index is 13.1. The van der Waals surface area contributed by atoms with Crippen molar-refractivity contribution in [3.8, 4) is 0 Å². The van der Waals surface area contributed by atoms with Crippen molar-refractivity contribution in [2.45, 2.75) is 19.4 Å². The summed E-state index contributed by atoms with van der Waals surface area (Å²) in [7, 11) is 0. The lowest BCUT2D eigenvalue weighted by Crippen LogP contribution is -2.12. The van der Waals surface area contributed by atoms with Gasteiger partial charge in [-0.15, -0.1) is 0 Å². The Balaban J connectivity index is 2.29. The van der Waals surface area contributed by atoms with Crippen LogP contribution >= 0.6 is 23.2 Å². The van der Waals surface area contributed by atoms with Crippen molar-refractivity contribution < 1.29 is 8.78 Å². The Kier molecular flexibility index (Phi) is 4.78. The van der Waals surface area contributed by atoms with Gasteiger partial charge in [0.1, 0.15) is 11.6 Å². The zero-order valence-corrected chi connectivity index (χ0v) is 12.1. The first kappa shape index (κ1) is 15.0. The number of hydrogen-bond donors (Lipinski definition) is 1. The first-order valence-corrected chi connectivity index (χ1v) is 6.79. The smallest absolute Gasteiger partial charge is 0.141 e. The fourth-order valence-corrected chi connectivity index (χ4v) is 2.40. The number of benzene rings is 1. The van der Waals surface area contributed by atoms with E-state index < -0.39 is 11.6 Å². The van der Waals surface area contributed by atoms with Gasteiger partial charge < -0.3 is 5.32 Å². The molecule has 2 rings (SSSR count). The zero-order valence-electron chi connectivity index (χ0n) is 10.6. The molecule has 1 heterocycles. The second-order valence-electron chi connectivity index (χ2n) is 4.25. The summed E-state index contributed by atoms with van der Waals surface area (Å²) in [6, 6.07) is 5.08. The fourth-order valence-electron chi connectivity index (χ4n) is 1.83. The minimum atomic E-state index is -0.501. The predicted molar refractivity (Wildman–Crippen MR) is 77.3 cm³/mol. The maximum Gasteiger partial charge on any atom is 0.141 e. The van der Waals surface area contributed by atoms with Gasteiger partial charge in [-0.05, 0) is 30.7 Å². The van der Waals surface area contributed by atoms with Crippen LogP contribution in [-0.2, 0) is 0 Å². The number of nitrogens with one attached hydrogen (secondary N) is 1. The molecule has 0 fully saturated rings. The highest BCUT2D eigenvalue weighted by Crippen LogP contribution is 2.34. The van der Waals surface area contributed by atoms with Crippen LogP contribution < -0.4 is 5.32 Å². The summed E-state index contributed by atoms with van der Waals surface area (Å²) in [5.74, 6) is -0.903. The lowest BCUT2D eigenvalue weighted by atomic mass is 10.1. The Morgan fingerprint density at radius 3 is 2.30 bits per heavy atom. The molecular weight excluding hydrogens is 305 g/mol. The molecule has 0 bridgehead atoms. The Morgan fingerprint density at radius 2 is 1.80 bits per heavy atom. The van der Waals surface area contributed by atoms with Gasteiger partial charge in [-0.25, -0.2) is 8.78 Å². The molecule has 1 N–H and O–H groups in total. The molecule has 106 valence electrons. The van der Waals surface area contributed by atoms with Crippen LogP contribution in [0.1, 0.15) is 25.1 Å². The highest BCUT2D eigenvalue weighted by atomic mass is 35.5. The van der Waals surface area contributed by atoms with E-state index in [4.69, 9.17) is 23.2 Å². The number of aromatic nitrogens is 1. The molecule has 0 saturated heterocycles. The molecule has 0 spiro atoms. The van der Waals surface area contributed by atoms with Crippen LogP contribution in [0.5, 0.6) is 0 Å². The lowest BCUT2D eigenvalue weighted by molar-refractivity contribution is 0.614. The number of pyridine rings is 1. The van der Waals surface area contributed by atoms with Crippen molar-refractivity contribution in [1.82, 2.24) is 4.98 Å². The zero-order chi connectivity index (χ0) is 14.7. The molecule has 20 heavy (non-hydrogen) atoms. The number of rotatable bonds is 4. The largest absolute Gasteiger partial charge is 0.374 e. The van der Waals surface area contributed by atoms with Crippen molar-refractivity contribution in [3.05, 3.63) is 57.8 Å². The third kappa shape index (κ3) is 3.38. The highest BCUT2D eigenvalue weighted by Gasteiger charge is 2.15. The van der Waals surface area contributed by atoms with Crippen LogP contribution in [0.2, 0.25) is 10.0 Å². The Bertz CT molecular complexity index is 580. The normalized spacial score (nSPS) is 12.2. The number of halogens is 4. The number of hydrogen-bond acceptors (Lipinski definition) is 2. The molecule has 6 heteroatoms. The molecule has 0 radical (unpaired) electrons. The van der Waals surface area contributed by atoms with Gasteiger partial charge in [0.15, 0.2) is 0 Å². The SMILES string of the molecule is CCC(Nc1c(Cl)cc(F)cc1Cl)c1ccc(F)cn1. The third-order valence-corrected chi connectivity index (χ3v) is 3.44. The quantitative estimate of drug-likeness (QED) is 0.835. The molecule has 0 aliphatic heterocycles. The Morgan fingerprint density at radius 1 is 1.15 bits per heavy atom. The minimum absolute atomic E-state index is 0.190. The molecular formula is C14H12Cl2F2N2. The van der Waals surface area contributed by atoms with Gasteiger partial charge in [0.25, 0.3) is 0 Å². The summed E-state index contributed by atoms with van der Waals surface area (Å²) in [5, 5.41) is 3.49. The summed E-state index contributed by atoms with van der Waals surface area (Å²) < 4.78 is 26.0. The minimum Gasteiger partial charge on any atom is -0.374 e. The summed E-state index contributed by atoms with van der Waals surface area (Å²) >= 11 is 12.0. The van der Waals surface area contributed by atoms with E-state index in [1.54, 1.807) is 6.07 Å².